The second-order valence-corrected chi connectivity index (χ2v) is 8.13. The third-order valence-electron chi connectivity index (χ3n) is 5.02. The van der Waals surface area contributed by atoms with E-state index in [1.54, 1.807) is 0 Å². The molecule has 3 heterocycles. The number of carbonyl (C=O) groups is 1. The van der Waals surface area contributed by atoms with Crippen LogP contribution >= 0.6 is 11.8 Å². The number of thioether (sulfide) groups is 1. The summed E-state index contributed by atoms with van der Waals surface area (Å²) in [4.78, 5) is 24.6. The van der Waals surface area contributed by atoms with Crippen LogP contribution in [0.15, 0.2) is 40.3 Å². The molecule has 158 valence electrons. The minimum absolute atomic E-state index is 0.0163. The van der Waals surface area contributed by atoms with Gasteiger partial charge in [-0.25, -0.2) is 14.6 Å². The number of ether oxygens (including phenoxy) is 1. The number of nitrogens with zero attached hydrogens (tertiary/aromatic N) is 4. The molecule has 0 spiro atoms. The van der Waals surface area contributed by atoms with Gasteiger partial charge in [-0.15, -0.1) is 5.10 Å². The number of aryl methyl sites for hydroxylation is 1. The van der Waals surface area contributed by atoms with Crippen LogP contribution in [-0.4, -0.2) is 48.9 Å². The first kappa shape index (κ1) is 20.4. The van der Waals surface area contributed by atoms with E-state index in [0.717, 1.165) is 36.5 Å². The normalized spacial score (nSPS) is 16.1. The first-order valence-electron chi connectivity index (χ1n) is 9.84. The molecule has 2 aromatic heterocycles. The van der Waals surface area contributed by atoms with Gasteiger partial charge in [0.15, 0.2) is 5.16 Å². The highest BCUT2D eigenvalue weighted by atomic mass is 32.2. The van der Waals surface area contributed by atoms with Gasteiger partial charge in [-0.1, -0.05) is 30.0 Å². The van der Waals surface area contributed by atoms with Crippen LogP contribution in [0.3, 0.4) is 0 Å². The number of H-pyrrole nitrogens is 1. The fourth-order valence-electron chi connectivity index (χ4n) is 3.52. The molecule has 9 nitrogen and oxygen atoms in total. The molecule has 1 aliphatic heterocycles. The molecule has 0 bridgehead atoms. The van der Waals surface area contributed by atoms with Crippen molar-refractivity contribution < 1.29 is 9.53 Å². The number of para-hydroxylation sites is 1. The van der Waals surface area contributed by atoms with Gasteiger partial charge in [-0.05, 0) is 38.8 Å². The van der Waals surface area contributed by atoms with Crippen molar-refractivity contribution in [1.29, 1.82) is 0 Å². The second-order valence-electron chi connectivity index (χ2n) is 7.19. The van der Waals surface area contributed by atoms with Crippen LogP contribution in [0.5, 0.6) is 0 Å². The Balaban J connectivity index is 1.42. The van der Waals surface area contributed by atoms with Gasteiger partial charge in [0.05, 0.1) is 41.2 Å². The van der Waals surface area contributed by atoms with E-state index >= 15 is 0 Å². The van der Waals surface area contributed by atoms with E-state index in [4.69, 9.17) is 4.74 Å². The lowest BCUT2D eigenvalue weighted by Gasteiger charge is -2.11. The van der Waals surface area contributed by atoms with Crippen LogP contribution in [0.1, 0.15) is 24.2 Å². The third kappa shape index (κ3) is 4.34. The first-order chi connectivity index (χ1) is 14.5. The fraction of sp³-hybridized carbons (Fsp3) is 0.400. The molecule has 1 amide bonds. The highest BCUT2D eigenvalue weighted by Crippen LogP contribution is 2.24. The number of amides is 1. The Labute approximate surface area is 177 Å². The summed E-state index contributed by atoms with van der Waals surface area (Å²) in [6, 6.07) is 9.77. The minimum atomic E-state index is -0.288. The Bertz CT molecular complexity index is 1080. The van der Waals surface area contributed by atoms with Gasteiger partial charge in [0, 0.05) is 6.61 Å². The molecule has 4 rings (SSSR count). The number of benzene rings is 1. The summed E-state index contributed by atoms with van der Waals surface area (Å²) in [5, 5.41) is 14.5. The van der Waals surface area contributed by atoms with Crippen LogP contribution < -0.4 is 11.0 Å². The predicted molar refractivity (Wildman–Crippen MR) is 114 cm³/mol. The van der Waals surface area contributed by atoms with Crippen molar-refractivity contribution in [2.75, 3.05) is 17.7 Å². The van der Waals surface area contributed by atoms with Crippen molar-refractivity contribution in [2.45, 2.75) is 44.5 Å². The van der Waals surface area contributed by atoms with Crippen molar-refractivity contribution in [2.24, 2.45) is 0 Å². The Morgan fingerprint density at radius 2 is 2.13 bits per heavy atom. The van der Waals surface area contributed by atoms with Crippen molar-refractivity contribution in [1.82, 2.24) is 24.5 Å². The van der Waals surface area contributed by atoms with Crippen LogP contribution in [0.2, 0.25) is 0 Å². The Kier molecular flexibility index (Phi) is 6.05. The molecular formula is C20H24N6O3S. The maximum Gasteiger partial charge on any atom is 0.344 e. The first-order valence-corrected chi connectivity index (χ1v) is 10.8. The molecule has 1 aromatic carbocycles. The number of hydrogen-bond acceptors (Lipinski definition) is 6. The van der Waals surface area contributed by atoms with Crippen molar-refractivity contribution in [3.8, 4) is 5.69 Å². The summed E-state index contributed by atoms with van der Waals surface area (Å²) in [7, 11) is 0. The maximum atomic E-state index is 12.6. The molecule has 1 fully saturated rings. The highest BCUT2D eigenvalue weighted by molar-refractivity contribution is 7.99. The Morgan fingerprint density at radius 3 is 2.87 bits per heavy atom. The smallest absolute Gasteiger partial charge is 0.344 e. The van der Waals surface area contributed by atoms with E-state index in [-0.39, 0.29) is 23.5 Å². The molecule has 1 atom stereocenters. The van der Waals surface area contributed by atoms with Crippen LogP contribution in [0.25, 0.3) is 5.69 Å². The lowest BCUT2D eigenvalue weighted by Crippen LogP contribution is -2.25. The Hall–Kier alpha value is -2.85. The number of hydrogen-bond donors (Lipinski definition) is 2. The molecule has 0 radical (unpaired) electrons. The number of anilines is 1. The average Bonchev–Trinajstić information content (AvgIpc) is 3.45. The lowest BCUT2D eigenvalue weighted by molar-refractivity contribution is -0.113. The molecule has 1 aliphatic rings. The molecule has 2 N–H and O–H groups in total. The SMILES string of the molecule is Cc1nn(-c2ccccc2)c(C)c1NC(=O)CSc1n[nH]c(=O)n1C[C@@H]1CCCO1. The summed E-state index contributed by atoms with van der Waals surface area (Å²) in [6.45, 7) is 4.95. The molecule has 0 unspecified atom stereocenters. The summed E-state index contributed by atoms with van der Waals surface area (Å²) >= 11 is 1.22. The molecule has 0 saturated carbocycles. The van der Waals surface area contributed by atoms with E-state index in [2.05, 4.69) is 20.6 Å². The van der Waals surface area contributed by atoms with Gasteiger partial charge in [0.2, 0.25) is 5.91 Å². The summed E-state index contributed by atoms with van der Waals surface area (Å²) in [6.07, 6.45) is 1.94. The van der Waals surface area contributed by atoms with Crippen molar-refractivity contribution in [3.05, 3.63) is 52.2 Å². The maximum absolute atomic E-state index is 12.6. The van der Waals surface area contributed by atoms with Gasteiger partial charge in [-0.3, -0.25) is 9.36 Å². The summed E-state index contributed by atoms with van der Waals surface area (Å²) < 4.78 is 8.96. The quantitative estimate of drug-likeness (QED) is 0.559. The van der Waals surface area contributed by atoms with Gasteiger partial charge in [0.25, 0.3) is 0 Å². The van der Waals surface area contributed by atoms with Gasteiger partial charge in [-0.2, -0.15) is 5.10 Å². The number of aromatic nitrogens is 5. The van der Waals surface area contributed by atoms with Gasteiger partial charge >= 0.3 is 5.69 Å². The molecular weight excluding hydrogens is 404 g/mol. The zero-order valence-corrected chi connectivity index (χ0v) is 17.7. The van der Waals surface area contributed by atoms with Gasteiger partial charge in [0.1, 0.15) is 0 Å². The summed E-state index contributed by atoms with van der Waals surface area (Å²) in [5.74, 6) is -0.0523. The predicted octanol–water partition coefficient (Wildman–Crippen LogP) is 2.28. The van der Waals surface area contributed by atoms with Crippen molar-refractivity contribution >= 4 is 23.4 Å². The molecule has 30 heavy (non-hydrogen) atoms. The van der Waals surface area contributed by atoms with E-state index in [1.807, 2.05) is 48.9 Å². The molecule has 0 aliphatic carbocycles. The largest absolute Gasteiger partial charge is 0.376 e. The minimum Gasteiger partial charge on any atom is -0.376 e. The Morgan fingerprint density at radius 1 is 1.33 bits per heavy atom. The molecule has 3 aromatic rings. The van der Waals surface area contributed by atoms with Crippen LogP contribution in [0, 0.1) is 13.8 Å². The zero-order chi connectivity index (χ0) is 21.1. The zero-order valence-electron chi connectivity index (χ0n) is 16.9. The number of rotatable bonds is 7. The average molecular weight is 429 g/mol. The monoisotopic (exact) mass is 428 g/mol. The van der Waals surface area contributed by atoms with E-state index in [9.17, 15) is 9.59 Å². The van der Waals surface area contributed by atoms with Gasteiger partial charge < -0.3 is 10.1 Å². The lowest BCUT2D eigenvalue weighted by atomic mass is 10.2. The van der Waals surface area contributed by atoms with E-state index in [1.165, 1.54) is 16.3 Å². The van der Waals surface area contributed by atoms with E-state index < -0.39 is 0 Å². The topological polar surface area (TPSA) is 107 Å². The number of nitrogens with one attached hydrogen (secondary N) is 2. The molecule has 10 heteroatoms. The number of carbonyl (C=O) groups excluding carboxylic acids is 1. The third-order valence-corrected chi connectivity index (χ3v) is 6.00. The summed E-state index contributed by atoms with van der Waals surface area (Å²) in [5.41, 5.74) is 2.94. The van der Waals surface area contributed by atoms with Crippen LogP contribution in [-0.2, 0) is 16.1 Å². The molecule has 1 saturated heterocycles. The second kappa shape index (κ2) is 8.88. The standard InChI is InChI=1S/C20H24N6O3S/c1-13-18(14(2)26(24-13)15-7-4-3-5-8-15)21-17(27)12-30-20-23-22-19(28)25(20)11-16-9-6-10-29-16/h3-5,7-8,16H,6,9-12H2,1-2H3,(H,21,27)(H,22,28)/t16-/m0/s1. The van der Waals surface area contributed by atoms with Crippen LogP contribution in [0.4, 0.5) is 5.69 Å². The number of aromatic amines is 1. The van der Waals surface area contributed by atoms with E-state index in [0.29, 0.717) is 17.4 Å². The fourth-order valence-corrected chi connectivity index (χ4v) is 4.27. The van der Waals surface area contributed by atoms with Crippen molar-refractivity contribution in [3.63, 3.8) is 0 Å². The highest BCUT2D eigenvalue weighted by Gasteiger charge is 2.21.